The number of hydrogen-bond donors (Lipinski definition) is 1. The number of oxime groups is 1. The van der Waals surface area contributed by atoms with E-state index in [2.05, 4.69) is 5.16 Å². The molecule has 1 aliphatic rings. The molecule has 1 aliphatic heterocycles. The highest BCUT2D eigenvalue weighted by molar-refractivity contribution is 6.01. The van der Waals surface area contributed by atoms with Crippen LogP contribution in [-0.2, 0) is 9.63 Å². The first-order chi connectivity index (χ1) is 12.6. The minimum Gasteiger partial charge on any atom is -0.481 e. The minimum absolute atomic E-state index is 0.115. The summed E-state index contributed by atoms with van der Waals surface area (Å²) in [6.07, 6.45) is 0.296. The van der Waals surface area contributed by atoms with Crippen molar-refractivity contribution in [1.29, 1.82) is 0 Å². The van der Waals surface area contributed by atoms with Gasteiger partial charge in [0, 0.05) is 18.0 Å². The number of carboxylic acids is 1. The van der Waals surface area contributed by atoms with E-state index in [1.54, 1.807) is 17.0 Å². The van der Waals surface area contributed by atoms with Gasteiger partial charge in [0.1, 0.15) is 7.11 Å². The van der Waals surface area contributed by atoms with Crippen molar-refractivity contribution < 1.29 is 19.5 Å². The smallest absolute Gasteiger partial charge is 0.305 e. The van der Waals surface area contributed by atoms with E-state index in [1.807, 2.05) is 42.5 Å². The monoisotopic (exact) mass is 352 g/mol. The zero-order valence-electron chi connectivity index (χ0n) is 14.5. The number of likely N-dealkylation sites (tertiary alicyclic amines) is 1. The maximum Gasteiger partial charge on any atom is 0.305 e. The fourth-order valence-corrected chi connectivity index (χ4v) is 3.19. The van der Waals surface area contributed by atoms with Crippen LogP contribution in [0, 0.1) is 0 Å². The van der Waals surface area contributed by atoms with Crippen LogP contribution in [-0.4, -0.2) is 47.3 Å². The second-order valence-electron chi connectivity index (χ2n) is 6.17. The van der Waals surface area contributed by atoms with E-state index >= 15 is 0 Å². The molecule has 1 saturated heterocycles. The van der Waals surface area contributed by atoms with Crippen molar-refractivity contribution in [2.45, 2.75) is 18.9 Å². The number of carbonyl (C=O) groups excluding carboxylic acids is 1. The van der Waals surface area contributed by atoms with Crippen molar-refractivity contribution in [3.63, 3.8) is 0 Å². The first-order valence-electron chi connectivity index (χ1n) is 8.35. The average Bonchev–Trinajstić information content (AvgIpc) is 3.04. The molecule has 6 nitrogen and oxygen atoms in total. The molecule has 6 heteroatoms. The number of nitrogens with zero attached hydrogens (tertiary/aromatic N) is 2. The van der Waals surface area contributed by atoms with Crippen LogP contribution >= 0.6 is 0 Å². The van der Waals surface area contributed by atoms with Crippen LogP contribution in [0.15, 0.2) is 59.8 Å². The van der Waals surface area contributed by atoms with Gasteiger partial charge in [-0.05, 0) is 23.3 Å². The van der Waals surface area contributed by atoms with E-state index in [9.17, 15) is 9.59 Å². The molecule has 1 N–H and O–H groups in total. The number of hydrogen-bond acceptors (Lipinski definition) is 4. The number of rotatable bonds is 5. The molecule has 1 heterocycles. The van der Waals surface area contributed by atoms with E-state index in [4.69, 9.17) is 9.94 Å². The quantitative estimate of drug-likeness (QED) is 0.839. The van der Waals surface area contributed by atoms with Crippen LogP contribution in [0.4, 0.5) is 0 Å². The highest BCUT2D eigenvalue weighted by atomic mass is 16.6. The van der Waals surface area contributed by atoms with Gasteiger partial charge >= 0.3 is 5.97 Å². The minimum atomic E-state index is -0.939. The normalized spacial score (nSPS) is 18.1. The maximum atomic E-state index is 12.9. The zero-order chi connectivity index (χ0) is 18.5. The van der Waals surface area contributed by atoms with Gasteiger partial charge < -0.3 is 14.8 Å². The standard InChI is InChI=1S/C20H20N2O4/c1-26-21-17-11-18(12-19(23)24)22(13-17)20(25)16-9-7-15(8-10-16)14-5-3-2-4-6-14/h2-10,18H,11-13H2,1H3,(H,23,24). The van der Waals surface area contributed by atoms with Crippen LogP contribution in [0.25, 0.3) is 11.1 Å². The third-order valence-electron chi connectivity index (χ3n) is 4.40. The number of aliphatic carboxylic acids is 1. The van der Waals surface area contributed by atoms with Gasteiger partial charge in [0.15, 0.2) is 0 Å². The lowest BCUT2D eigenvalue weighted by Gasteiger charge is -2.23. The molecule has 0 spiro atoms. The Kier molecular flexibility index (Phi) is 5.31. The molecule has 0 aliphatic carbocycles. The predicted octanol–water partition coefficient (Wildman–Crippen LogP) is 3.05. The van der Waals surface area contributed by atoms with E-state index < -0.39 is 12.0 Å². The van der Waals surface area contributed by atoms with E-state index in [1.165, 1.54) is 7.11 Å². The van der Waals surface area contributed by atoms with Crippen LogP contribution in [0.3, 0.4) is 0 Å². The molecule has 1 atom stereocenters. The Balaban J connectivity index is 1.80. The zero-order valence-corrected chi connectivity index (χ0v) is 14.5. The Morgan fingerprint density at radius 1 is 1.12 bits per heavy atom. The van der Waals surface area contributed by atoms with Crippen LogP contribution < -0.4 is 0 Å². The molecule has 134 valence electrons. The molecule has 0 saturated carbocycles. The Morgan fingerprint density at radius 2 is 1.77 bits per heavy atom. The fraction of sp³-hybridized carbons (Fsp3) is 0.250. The summed E-state index contributed by atoms with van der Waals surface area (Å²) in [6, 6.07) is 16.8. The topological polar surface area (TPSA) is 79.2 Å². The van der Waals surface area contributed by atoms with Gasteiger partial charge in [-0.1, -0.05) is 47.6 Å². The summed E-state index contributed by atoms with van der Waals surface area (Å²) >= 11 is 0. The summed E-state index contributed by atoms with van der Waals surface area (Å²) in [4.78, 5) is 30.3. The molecule has 1 unspecified atom stereocenters. The number of carbonyl (C=O) groups is 2. The Bertz CT molecular complexity index is 815. The lowest BCUT2D eigenvalue weighted by atomic mass is 10.0. The summed E-state index contributed by atoms with van der Waals surface area (Å²) in [5.41, 5.74) is 3.30. The van der Waals surface area contributed by atoms with Gasteiger partial charge in [0.2, 0.25) is 0 Å². The van der Waals surface area contributed by atoms with Crippen LogP contribution in [0.5, 0.6) is 0 Å². The summed E-state index contributed by atoms with van der Waals surface area (Å²) in [5, 5.41) is 13.0. The van der Waals surface area contributed by atoms with Crippen LogP contribution in [0.2, 0.25) is 0 Å². The van der Waals surface area contributed by atoms with Crippen molar-refractivity contribution >= 4 is 17.6 Å². The molecule has 1 amide bonds. The highest BCUT2D eigenvalue weighted by Gasteiger charge is 2.35. The largest absolute Gasteiger partial charge is 0.481 e. The SMILES string of the molecule is CON=C1CC(CC(=O)O)N(C(=O)c2ccc(-c3ccccc3)cc2)C1. The number of carboxylic acid groups (broad SMARTS) is 1. The third-order valence-corrected chi connectivity index (χ3v) is 4.40. The summed E-state index contributed by atoms with van der Waals surface area (Å²) in [7, 11) is 1.44. The molecule has 0 radical (unpaired) electrons. The summed E-state index contributed by atoms with van der Waals surface area (Å²) in [6.45, 7) is 0.283. The van der Waals surface area contributed by atoms with Gasteiger partial charge in [0.05, 0.1) is 18.7 Å². The van der Waals surface area contributed by atoms with Crippen molar-refractivity contribution in [3.8, 4) is 11.1 Å². The summed E-state index contributed by atoms with van der Waals surface area (Å²) < 4.78 is 0. The average molecular weight is 352 g/mol. The predicted molar refractivity (Wildman–Crippen MR) is 98.0 cm³/mol. The van der Waals surface area contributed by atoms with Gasteiger partial charge in [-0.2, -0.15) is 0 Å². The Labute approximate surface area is 151 Å². The molecule has 0 aromatic heterocycles. The molecule has 0 bridgehead atoms. The van der Waals surface area contributed by atoms with E-state index in [0.29, 0.717) is 17.7 Å². The van der Waals surface area contributed by atoms with Crippen molar-refractivity contribution in [1.82, 2.24) is 4.90 Å². The number of amides is 1. The molecular formula is C20H20N2O4. The van der Waals surface area contributed by atoms with Crippen LogP contribution in [0.1, 0.15) is 23.2 Å². The Hall–Kier alpha value is -3.15. The number of benzene rings is 2. The molecule has 1 fully saturated rings. The van der Waals surface area contributed by atoms with Gasteiger partial charge in [-0.3, -0.25) is 9.59 Å². The third kappa shape index (κ3) is 3.91. The first-order valence-corrected chi connectivity index (χ1v) is 8.35. The van der Waals surface area contributed by atoms with Gasteiger partial charge in [-0.25, -0.2) is 0 Å². The van der Waals surface area contributed by atoms with E-state index in [-0.39, 0.29) is 18.9 Å². The van der Waals surface area contributed by atoms with Crippen molar-refractivity contribution in [2.75, 3.05) is 13.7 Å². The Morgan fingerprint density at radius 3 is 2.38 bits per heavy atom. The highest BCUT2D eigenvalue weighted by Crippen LogP contribution is 2.24. The lowest BCUT2D eigenvalue weighted by molar-refractivity contribution is -0.137. The van der Waals surface area contributed by atoms with Crippen molar-refractivity contribution in [3.05, 3.63) is 60.2 Å². The van der Waals surface area contributed by atoms with E-state index in [0.717, 1.165) is 11.1 Å². The van der Waals surface area contributed by atoms with Crippen molar-refractivity contribution in [2.24, 2.45) is 5.16 Å². The molecular weight excluding hydrogens is 332 g/mol. The van der Waals surface area contributed by atoms with Gasteiger partial charge in [-0.15, -0.1) is 0 Å². The molecule has 26 heavy (non-hydrogen) atoms. The fourth-order valence-electron chi connectivity index (χ4n) is 3.19. The summed E-state index contributed by atoms with van der Waals surface area (Å²) in [5.74, 6) is -1.14. The molecule has 2 aromatic carbocycles. The second kappa shape index (κ2) is 7.82. The maximum absolute atomic E-state index is 12.9. The lowest BCUT2D eigenvalue weighted by Crippen LogP contribution is -2.37. The molecule has 2 aromatic rings. The molecule has 3 rings (SSSR count). The first kappa shape index (κ1) is 17.7. The van der Waals surface area contributed by atoms with Gasteiger partial charge in [0.25, 0.3) is 5.91 Å². The second-order valence-corrected chi connectivity index (χ2v) is 6.17.